The number of nitrogens with zero attached hydrogens (tertiary/aromatic N) is 3. The van der Waals surface area contributed by atoms with Gasteiger partial charge in [0.05, 0.1) is 11.3 Å². The van der Waals surface area contributed by atoms with Crippen molar-refractivity contribution in [3.8, 4) is 0 Å². The van der Waals surface area contributed by atoms with Gasteiger partial charge in [0.25, 0.3) is 11.8 Å². The molecule has 33 heavy (non-hydrogen) atoms. The van der Waals surface area contributed by atoms with Gasteiger partial charge in [0, 0.05) is 32.0 Å². The summed E-state index contributed by atoms with van der Waals surface area (Å²) in [6.45, 7) is 8.88. The number of para-hydroxylation sites is 1. The number of benzene rings is 1. The van der Waals surface area contributed by atoms with E-state index in [0.717, 1.165) is 12.8 Å². The number of esters is 1. The third-order valence-electron chi connectivity index (χ3n) is 6.39. The van der Waals surface area contributed by atoms with E-state index in [4.69, 9.17) is 4.74 Å². The van der Waals surface area contributed by atoms with E-state index in [1.165, 1.54) is 4.90 Å². The SMILES string of the molecule is CC(C)CN(CC(C)C)C(=O)COC(=O)C12CCC(=O)N1c1ccccc1C(=O)N2C1CC1. The fraction of sp³-hybridized carbons (Fsp3) is 0.600. The lowest BCUT2D eigenvalue weighted by Gasteiger charge is -2.48. The van der Waals surface area contributed by atoms with Crippen LogP contribution < -0.4 is 4.90 Å². The number of hydrogen-bond acceptors (Lipinski definition) is 5. The quantitative estimate of drug-likeness (QED) is 0.563. The summed E-state index contributed by atoms with van der Waals surface area (Å²) in [5.41, 5.74) is -0.671. The first-order chi connectivity index (χ1) is 15.7. The zero-order valence-electron chi connectivity index (χ0n) is 19.9. The monoisotopic (exact) mass is 455 g/mol. The van der Waals surface area contributed by atoms with Crippen molar-refractivity contribution in [1.29, 1.82) is 0 Å². The molecule has 0 N–H and O–H groups in total. The Bertz CT molecular complexity index is 961. The summed E-state index contributed by atoms with van der Waals surface area (Å²) in [6.07, 6.45) is 1.86. The van der Waals surface area contributed by atoms with E-state index in [1.807, 2.05) is 27.7 Å². The average molecular weight is 456 g/mol. The van der Waals surface area contributed by atoms with Gasteiger partial charge in [-0.2, -0.15) is 0 Å². The second-order valence-corrected chi connectivity index (χ2v) is 10.1. The Morgan fingerprint density at radius 1 is 1.09 bits per heavy atom. The second-order valence-electron chi connectivity index (χ2n) is 10.1. The van der Waals surface area contributed by atoms with Crippen LogP contribution in [-0.2, 0) is 19.1 Å². The van der Waals surface area contributed by atoms with Gasteiger partial charge >= 0.3 is 5.97 Å². The van der Waals surface area contributed by atoms with Crippen LogP contribution in [0, 0.1) is 11.8 Å². The number of rotatable bonds is 8. The number of carbonyl (C=O) groups excluding carboxylic acids is 4. The van der Waals surface area contributed by atoms with Gasteiger partial charge < -0.3 is 14.5 Å². The van der Waals surface area contributed by atoms with Crippen molar-refractivity contribution in [2.75, 3.05) is 24.6 Å². The number of amides is 3. The van der Waals surface area contributed by atoms with Crippen LogP contribution in [0.25, 0.3) is 0 Å². The van der Waals surface area contributed by atoms with E-state index in [-0.39, 0.29) is 48.4 Å². The Hall–Kier alpha value is -2.90. The Labute approximate surface area is 194 Å². The third-order valence-corrected chi connectivity index (χ3v) is 6.39. The lowest BCUT2D eigenvalue weighted by Crippen LogP contribution is -2.69. The smallest absolute Gasteiger partial charge is 0.354 e. The first-order valence-electron chi connectivity index (χ1n) is 11.9. The minimum Gasteiger partial charge on any atom is -0.452 e. The lowest BCUT2D eigenvalue weighted by molar-refractivity contribution is -0.162. The predicted molar refractivity (Wildman–Crippen MR) is 122 cm³/mol. The molecule has 1 aromatic carbocycles. The molecule has 0 bridgehead atoms. The molecule has 4 rings (SSSR count). The number of hydrogen-bond donors (Lipinski definition) is 0. The highest BCUT2D eigenvalue weighted by Gasteiger charge is 2.64. The van der Waals surface area contributed by atoms with Crippen molar-refractivity contribution in [3.63, 3.8) is 0 Å². The van der Waals surface area contributed by atoms with Crippen LogP contribution in [0.2, 0.25) is 0 Å². The van der Waals surface area contributed by atoms with Crippen molar-refractivity contribution in [3.05, 3.63) is 29.8 Å². The number of ether oxygens (including phenoxy) is 1. The molecule has 1 saturated carbocycles. The average Bonchev–Trinajstić information content (AvgIpc) is 3.53. The Morgan fingerprint density at radius 2 is 1.73 bits per heavy atom. The van der Waals surface area contributed by atoms with Crippen LogP contribution in [0.1, 0.15) is 63.7 Å². The van der Waals surface area contributed by atoms with E-state index in [9.17, 15) is 19.2 Å². The van der Waals surface area contributed by atoms with E-state index < -0.39 is 18.2 Å². The molecule has 1 saturated heterocycles. The minimum atomic E-state index is -1.52. The van der Waals surface area contributed by atoms with Gasteiger partial charge in [0.1, 0.15) is 0 Å². The van der Waals surface area contributed by atoms with Crippen molar-refractivity contribution >= 4 is 29.4 Å². The maximum atomic E-state index is 13.6. The third kappa shape index (κ3) is 4.11. The molecule has 2 aliphatic heterocycles. The number of anilines is 1. The van der Waals surface area contributed by atoms with E-state index in [2.05, 4.69) is 0 Å². The Kier molecular flexibility index (Phi) is 6.20. The van der Waals surface area contributed by atoms with Crippen molar-refractivity contribution in [2.24, 2.45) is 11.8 Å². The molecule has 0 radical (unpaired) electrons. The standard InChI is InChI=1S/C25H33N3O5/c1-16(2)13-26(14-17(3)4)22(30)15-33-24(32)25-12-11-21(29)28(25)20-8-6-5-7-19(20)23(31)27(25)18-9-10-18/h5-8,16-18H,9-15H2,1-4H3. The van der Waals surface area contributed by atoms with E-state index >= 15 is 0 Å². The first kappa shape index (κ1) is 23.3. The van der Waals surface area contributed by atoms with Crippen molar-refractivity contribution in [1.82, 2.24) is 9.80 Å². The maximum Gasteiger partial charge on any atom is 0.354 e. The topological polar surface area (TPSA) is 87.2 Å². The van der Waals surface area contributed by atoms with E-state index in [0.29, 0.717) is 24.3 Å². The normalized spacial score (nSPS) is 22.0. The summed E-state index contributed by atoms with van der Waals surface area (Å²) in [5.74, 6) is -0.886. The van der Waals surface area contributed by atoms with Crippen LogP contribution in [0.15, 0.2) is 24.3 Å². The molecule has 3 aliphatic rings. The molecular formula is C25H33N3O5. The highest BCUT2D eigenvalue weighted by molar-refractivity contribution is 6.15. The Balaban J connectivity index is 1.62. The molecule has 1 unspecified atom stereocenters. The maximum absolute atomic E-state index is 13.6. The van der Waals surface area contributed by atoms with Crippen LogP contribution in [0.3, 0.4) is 0 Å². The molecule has 178 valence electrons. The van der Waals surface area contributed by atoms with E-state index in [1.54, 1.807) is 34.1 Å². The zero-order valence-corrected chi connectivity index (χ0v) is 19.9. The largest absolute Gasteiger partial charge is 0.452 e. The summed E-state index contributed by atoms with van der Waals surface area (Å²) in [4.78, 5) is 57.7. The molecule has 0 aromatic heterocycles. The summed E-state index contributed by atoms with van der Waals surface area (Å²) < 4.78 is 5.59. The lowest BCUT2D eigenvalue weighted by atomic mass is 9.96. The molecule has 2 fully saturated rings. The molecular weight excluding hydrogens is 422 g/mol. The van der Waals surface area contributed by atoms with Gasteiger partial charge in [0.2, 0.25) is 11.6 Å². The molecule has 3 amide bonds. The molecule has 1 atom stereocenters. The van der Waals surface area contributed by atoms with Crippen molar-refractivity contribution in [2.45, 2.75) is 65.1 Å². The highest BCUT2D eigenvalue weighted by atomic mass is 16.5. The predicted octanol–water partition coefficient (Wildman–Crippen LogP) is 2.81. The van der Waals surface area contributed by atoms with Crippen LogP contribution >= 0.6 is 0 Å². The van der Waals surface area contributed by atoms with Crippen LogP contribution in [-0.4, -0.2) is 64.9 Å². The summed E-state index contributed by atoms with van der Waals surface area (Å²) in [6, 6.07) is 6.78. The van der Waals surface area contributed by atoms with Gasteiger partial charge in [-0.3, -0.25) is 19.3 Å². The summed E-state index contributed by atoms with van der Waals surface area (Å²) >= 11 is 0. The number of fused-ring (bicyclic) bond motifs is 3. The Morgan fingerprint density at radius 3 is 2.33 bits per heavy atom. The fourth-order valence-corrected chi connectivity index (χ4v) is 5.01. The molecule has 1 aliphatic carbocycles. The minimum absolute atomic E-state index is 0.110. The van der Waals surface area contributed by atoms with Gasteiger partial charge in [-0.05, 0) is 36.8 Å². The summed E-state index contributed by atoms with van der Waals surface area (Å²) in [7, 11) is 0. The van der Waals surface area contributed by atoms with Crippen molar-refractivity contribution < 1.29 is 23.9 Å². The first-order valence-corrected chi connectivity index (χ1v) is 11.9. The molecule has 8 heteroatoms. The molecule has 0 spiro atoms. The number of carbonyl (C=O) groups is 4. The van der Waals surface area contributed by atoms with Gasteiger partial charge in [0.15, 0.2) is 6.61 Å². The highest BCUT2D eigenvalue weighted by Crippen LogP contribution is 2.49. The summed E-state index contributed by atoms with van der Waals surface area (Å²) in [5, 5.41) is 0. The second kappa shape index (κ2) is 8.80. The molecule has 8 nitrogen and oxygen atoms in total. The van der Waals surface area contributed by atoms with Gasteiger partial charge in [-0.25, -0.2) is 4.79 Å². The molecule has 1 aromatic rings. The van der Waals surface area contributed by atoms with Crippen LogP contribution in [0.4, 0.5) is 5.69 Å². The van der Waals surface area contributed by atoms with Crippen LogP contribution in [0.5, 0.6) is 0 Å². The zero-order chi connectivity index (χ0) is 23.9. The van der Waals surface area contributed by atoms with Gasteiger partial charge in [-0.1, -0.05) is 39.8 Å². The van der Waals surface area contributed by atoms with Gasteiger partial charge in [-0.15, -0.1) is 0 Å². The molecule has 2 heterocycles. The fourth-order valence-electron chi connectivity index (χ4n) is 5.01.